The molecule has 3 heterocycles. The summed E-state index contributed by atoms with van der Waals surface area (Å²) in [5, 5.41) is 11.2. The van der Waals surface area contributed by atoms with Crippen molar-refractivity contribution in [3.63, 3.8) is 0 Å². The number of hydrogen-bond acceptors (Lipinski definition) is 6. The molecule has 170 valence electrons. The van der Waals surface area contributed by atoms with Gasteiger partial charge in [0.1, 0.15) is 23.3 Å². The zero-order chi connectivity index (χ0) is 22.8. The van der Waals surface area contributed by atoms with Crippen LogP contribution in [0.3, 0.4) is 0 Å². The summed E-state index contributed by atoms with van der Waals surface area (Å²) in [6.07, 6.45) is 3.10. The lowest BCUT2D eigenvalue weighted by Crippen LogP contribution is -2.36. The first-order valence-corrected chi connectivity index (χ1v) is 11.1. The molecular formula is C25H29NO6. The minimum absolute atomic E-state index is 0.0295. The molecule has 0 saturated carbocycles. The second kappa shape index (κ2) is 9.20. The van der Waals surface area contributed by atoms with Gasteiger partial charge in [-0.25, -0.2) is 0 Å². The van der Waals surface area contributed by atoms with Crippen molar-refractivity contribution < 1.29 is 28.6 Å². The summed E-state index contributed by atoms with van der Waals surface area (Å²) in [7, 11) is 0. The molecule has 7 nitrogen and oxygen atoms in total. The lowest BCUT2D eigenvalue weighted by Gasteiger charge is -2.25. The molecule has 1 aromatic heterocycles. The van der Waals surface area contributed by atoms with Crippen LogP contribution in [0.4, 0.5) is 0 Å². The number of amides is 1. The molecule has 1 aromatic carbocycles. The number of rotatable bonds is 7. The van der Waals surface area contributed by atoms with Gasteiger partial charge in [-0.15, -0.1) is 0 Å². The van der Waals surface area contributed by atoms with Crippen LogP contribution in [0, 0.1) is 0 Å². The monoisotopic (exact) mass is 439 g/mol. The summed E-state index contributed by atoms with van der Waals surface area (Å²) < 4.78 is 17.0. The van der Waals surface area contributed by atoms with Crippen LogP contribution >= 0.6 is 0 Å². The van der Waals surface area contributed by atoms with E-state index in [2.05, 4.69) is 0 Å². The van der Waals surface area contributed by atoms with Gasteiger partial charge in [0.15, 0.2) is 0 Å². The second-order valence-electron chi connectivity index (χ2n) is 8.44. The van der Waals surface area contributed by atoms with Gasteiger partial charge in [0.05, 0.1) is 24.5 Å². The van der Waals surface area contributed by atoms with Crippen molar-refractivity contribution in [2.75, 3.05) is 19.8 Å². The molecule has 2 aliphatic heterocycles. The van der Waals surface area contributed by atoms with Gasteiger partial charge < -0.3 is 23.9 Å². The Morgan fingerprint density at radius 3 is 2.72 bits per heavy atom. The predicted octanol–water partition coefficient (Wildman–Crippen LogP) is 4.40. The minimum Gasteiger partial charge on any atom is -0.507 e. The van der Waals surface area contributed by atoms with Crippen molar-refractivity contribution in [2.45, 2.75) is 51.7 Å². The number of Topliss-reactive ketones (excluding diaryl/α,β-unsaturated/α-hetero) is 1. The molecule has 2 unspecified atom stereocenters. The van der Waals surface area contributed by atoms with Crippen molar-refractivity contribution in [2.24, 2.45) is 0 Å². The highest BCUT2D eigenvalue weighted by molar-refractivity contribution is 6.46. The molecule has 0 radical (unpaired) electrons. The van der Waals surface area contributed by atoms with Crippen LogP contribution in [-0.4, -0.2) is 47.6 Å². The average molecular weight is 440 g/mol. The van der Waals surface area contributed by atoms with E-state index in [1.54, 1.807) is 24.3 Å². The normalized spacial score (nSPS) is 22.8. The van der Waals surface area contributed by atoms with Gasteiger partial charge in [-0.3, -0.25) is 9.59 Å². The maximum atomic E-state index is 13.1. The number of aliphatic hydroxyl groups is 1. The van der Waals surface area contributed by atoms with Gasteiger partial charge in [-0.1, -0.05) is 13.8 Å². The Hall–Kier alpha value is -3.06. The van der Waals surface area contributed by atoms with E-state index < -0.39 is 17.7 Å². The molecule has 2 aromatic rings. The Morgan fingerprint density at radius 2 is 2.09 bits per heavy atom. The third kappa shape index (κ3) is 4.05. The molecule has 2 aliphatic rings. The summed E-state index contributed by atoms with van der Waals surface area (Å²) in [5.41, 5.74) is 1.41. The Kier molecular flexibility index (Phi) is 6.37. The van der Waals surface area contributed by atoms with E-state index in [4.69, 9.17) is 13.9 Å². The summed E-state index contributed by atoms with van der Waals surface area (Å²) in [4.78, 5) is 27.5. The summed E-state index contributed by atoms with van der Waals surface area (Å²) in [5.74, 6) is -0.281. The van der Waals surface area contributed by atoms with Crippen LogP contribution in [0.15, 0.2) is 46.6 Å². The highest BCUT2D eigenvalue weighted by Gasteiger charge is 2.48. The molecule has 2 atom stereocenters. The first-order chi connectivity index (χ1) is 15.4. The Morgan fingerprint density at radius 1 is 1.28 bits per heavy atom. The van der Waals surface area contributed by atoms with Crippen LogP contribution in [-0.2, 0) is 14.3 Å². The second-order valence-corrected chi connectivity index (χ2v) is 8.44. The van der Waals surface area contributed by atoms with Gasteiger partial charge in [-0.2, -0.15) is 0 Å². The number of aliphatic hydroxyl groups excluding tert-OH is 1. The molecule has 2 fully saturated rings. The molecule has 0 spiro atoms. The number of ether oxygens (including phenoxy) is 2. The topological polar surface area (TPSA) is 89.2 Å². The largest absolute Gasteiger partial charge is 0.507 e. The fourth-order valence-corrected chi connectivity index (χ4v) is 4.41. The number of ketones is 1. The van der Waals surface area contributed by atoms with Gasteiger partial charge >= 0.3 is 0 Å². The third-order valence-electron chi connectivity index (χ3n) is 5.98. The Balaban J connectivity index is 1.79. The number of hydrogen-bond donors (Lipinski definition) is 1. The van der Waals surface area contributed by atoms with Crippen molar-refractivity contribution >= 4 is 17.4 Å². The Labute approximate surface area is 187 Å². The van der Waals surface area contributed by atoms with Crippen molar-refractivity contribution in [3.8, 4) is 5.75 Å². The van der Waals surface area contributed by atoms with Crippen molar-refractivity contribution in [3.05, 3.63) is 59.1 Å². The molecule has 7 heteroatoms. The molecular weight excluding hydrogens is 410 g/mol. The Bertz CT molecular complexity index is 1020. The maximum Gasteiger partial charge on any atom is 0.295 e. The minimum atomic E-state index is -0.803. The predicted molar refractivity (Wildman–Crippen MR) is 118 cm³/mol. The first-order valence-electron chi connectivity index (χ1n) is 11.1. The summed E-state index contributed by atoms with van der Waals surface area (Å²) >= 11 is 0. The van der Waals surface area contributed by atoms with E-state index in [1.807, 2.05) is 26.8 Å². The summed E-state index contributed by atoms with van der Waals surface area (Å²) in [6.45, 7) is 7.42. The number of likely N-dealkylation sites (tertiary alicyclic amines) is 1. The zero-order valence-corrected chi connectivity index (χ0v) is 18.7. The zero-order valence-electron chi connectivity index (χ0n) is 18.7. The van der Waals surface area contributed by atoms with E-state index in [0.717, 1.165) is 24.2 Å². The maximum absolute atomic E-state index is 13.1. The van der Waals surface area contributed by atoms with E-state index in [1.165, 1.54) is 11.2 Å². The fraction of sp³-hybridized carbons (Fsp3) is 0.440. The molecule has 32 heavy (non-hydrogen) atoms. The molecule has 1 amide bonds. The fourth-order valence-electron chi connectivity index (χ4n) is 4.41. The lowest BCUT2D eigenvalue weighted by molar-refractivity contribution is -0.141. The SMILES string of the molecule is CCOc1ccc(/C(O)=C2/C(=O)C(=O)N(CC3CCCO3)C2c2ccco2)cc1C(C)C. The van der Waals surface area contributed by atoms with Crippen molar-refractivity contribution in [1.29, 1.82) is 0 Å². The lowest BCUT2D eigenvalue weighted by atomic mass is 9.95. The summed E-state index contributed by atoms with van der Waals surface area (Å²) in [6, 6.07) is 7.93. The highest BCUT2D eigenvalue weighted by Crippen LogP contribution is 2.41. The van der Waals surface area contributed by atoms with Crippen LogP contribution in [0.5, 0.6) is 5.75 Å². The molecule has 0 aliphatic carbocycles. The van der Waals surface area contributed by atoms with E-state index >= 15 is 0 Å². The third-order valence-corrected chi connectivity index (χ3v) is 5.98. The van der Waals surface area contributed by atoms with Crippen molar-refractivity contribution in [1.82, 2.24) is 4.90 Å². The number of benzene rings is 1. The smallest absolute Gasteiger partial charge is 0.295 e. The van der Waals surface area contributed by atoms with Gasteiger partial charge in [0, 0.05) is 18.7 Å². The number of carbonyl (C=O) groups is 2. The molecule has 4 rings (SSSR count). The number of carbonyl (C=O) groups excluding carboxylic acids is 2. The number of nitrogens with zero attached hydrogens (tertiary/aromatic N) is 1. The molecule has 0 bridgehead atoms. The van der Waals surface area contributed by atoms with E-state index in [0.29, 0.717) is 24.5 Å². The van der Waals surface area contributed by atoms with E-state index in [9.17, 15) is 14.7 Å². The van der Waals surface area contributed by atoms with Gasteiger partial charge in [-0.05, 0) is 61.6 Å². The molecule has 1 N–H and O–H groups in total. The number of furan rings is 1. The van der Waals surface area contributed by atoms with Crippen LogP contribution in [0.2, 0.25) is 0 Å². The van der Waals surface area contributed by atoms with Gasteiger partial charge in [0.2, 0.25) is 0 Å². The highest BCUT2D eigenvalue weighted by atomic mass is 16.5. The van der Waals surface area contributed by atoms with Crippen LogP contribution < -0.4 is 4.74 Å². The van der Waals surface area contributed by atoms with Crippen LogP contribution in [0.1, 0.15) is 62.5 Å². The standard InChI is InChI=1S/C25H29NO6/c1-4-30-19-10-9-16(13-18(19)15(2)3)23(27)21-22(20-8-6-12-32-20)26(25(29)24(21)28)14-17-7-5-11-31-17/h6,8-10,12-13,15,17,22,27H,4-5,7,11,14H2,1-3H3/b23-21-. The average Bonchev–Trinajstić information content (AvgIpc) is 3.53. The van der Waals surface area contributed by atoms with Crippen LogP contribution in [0.25, 0.3) is 5.76 Å². The molecule has 2 saturated heterocycles. The van der Waals surface area contributed by atoms with Gasteiger partial charge in [0.25, 0.3) is 11.7 Å². The first kappa shape index (κ1) is 22.1. The van der Waals surface area contributed by atoms with E-state index in [-0.39, 0.29) is 29.9 Å². The quantitative estimate of drug-likeness (QED) is 0.391.